The molecule has 0 unspecified atom stereocenters. The van der Waals surface area contributed by atoms with E-state index in [0.717, 1.165) is 4.57 Å². The van der Waals surface area contributed by atoms with E-state index in [9.17, 15) is 20.1 Å². The predicted octanol–water partition coefficient (Wildman–Crippen LogP) is -1.92. The van der Waals surface area contributed by atoms with Gasteiger partial charge in [0, 0.05) is 11.1 Å². The molecule has 0 radical (unpaired) electrons. The normalized spacial score (nSPS) is 32.9. The largest absolute Gasteiger partial charge is 0.393 e. The van der Waals surface area contributed by atoms with Gasteiger partial charge in [-0.1, -0.05) is 5.11 Å². The van der Waals surface area contributed by atoms with Crippen LogP contribution in [0.2, 0.25) is 0 Å². The highest BCUT2D eigenvalue weighted by Crippen LogP contribution is 2.37. The standard InChI is InChI=1S/C9H12N6O5/c10-4-1-2-15(8(19)12-4)7-5(17)6(18)9(3-16,20-7)13-14-11/h1-2,5-7,16-18H,3H2,(H2,10,12,19)/t5-,6+,7-,9-/m1/s1/i8+2. The Morgan fingerprint density at radius 2 is 2.40 bits per heavy atom. The number of anilines is 1. The van der Waals surface area contributed by atoms with Gasteiger partial charge in [0.1, 0.15) is 18.0 Å². The second-order valence-electron chi connectivity index (χ2n) is 4.18. The van der Waals surface area contributed by atoms with Gasteiger partial charge in [-0.2, -0.15) is 4.98 Å². The number of ether oxygens (including phenoxy) is 1. The molecule has 2 heterocycles. The average Bonchev–Trinajstić information content (AvgIpc) is 2.65. The Labute approximate surface area is 111 Å². The van der Waals surface area contributed by atoms with Crippen LogP contribution in [0.5, 0.6) is 0 Å². The van der Waals surface area contributed by atoms with E-state index in [4.69, 9.17) is 16.0 Å². The van der Waals surface area contributed by atoms with Crippen LogP contribution >= 0.6 is 0 Å². The van der Waals surface area contributed by atoms with Crippen molar-refractivity contribution in [3.8, 4) is 0 Å². The highest BCUT2D eigenvalue weighted by atomic mass is 16.6. The van der Waals surface area contributed by atoms with Crippen LogP contribution in [0.25, 0.3) is 10.4 Å². The summed E-state index contributed by atoms with van der Waals surface area (Å²) in [5.74, 6) is -0.0252. The quantitative estimate of drug-likeness (QED) is 0.283. The van der Waals surface area contributed by atoms with Crippen molar-refractivity contribution in [1.29, 1.82) is 0 Å². The molecule has 4 atom stereocenters. The van der Waals surface area contributed by atoms with Crippen LogP contribution in [0.4, 0.5) is 5.82 Å². The summed E-state index contributed by atoms with van der Waals surface area (Å²) < 4.78 is 6.05. The highest BCUT2D eigenvalue weighted by molar-refractivity contribution is 5.23. The third-order valence-electron chi connectivity index (χ3n) is 2.97. The molecule has 5 N–H and O–H groups in total. The Kier molecular flexibility index (Phi) is 3.61. The van der Waals surface area contributed by atoms with Crippen LogP contribution in [0.15, 0.2) is 22.2 Å². The molecule has 2 rings (SSSR count). The van der Waals surface area contributed by atoms with Crippen molar-refractivity contribution in [3.63, 3.8) is 0 Å². The van der Waals surface area contributed by atoms with Crippen molar-refractivity contribution >= 4 is 5.82 Å². The van der Waals surface area contributed by atoms with E-state index in [1.165, 1.54) is 12.3 Å². The fraction of sp³-hybridized carbons (Fsp3) is 0.556. The molecule has 0 amide bonds. The molecular weight excluding hydrogens is 274 g/mol. The molecule has 11 nitrogen and oxygen atoms in total. The number of rotatable bonds is 3. The molecule has 1 aliphatic rings. The molecule has 108 valence electrons. The van der Waals surface area contributed by atoms with Crippen LogP contribution in [-0.2, 0) is 4.74 Å². The van der Waals surface area contributed by atoms with E-state index in [-0.39, 0.29) is 5.82 Å². The summed E-state index contributed by atoms with van der Waals surface area (Å²) in [5.41, 5.74) is 10.9. The summed E-state index contributed by atoms with van der Waals surface area (Å²) >= 11 is 0. The Morgan fingerprint density at radius 1 is 1.70 bits per heavy atom. The van der Waals surface area contributed by atoms with Crippen LogP contribution in [0.1, 0.15) is 6.23 Å². The minimum atomic E-state index is -2.07. The Morgan fingerprint density at radius 3 is 2.95 bits per heavy atom. The van der Waals surface area contributed by atoms with Crippen molar-refractivity contribution in [2.24, 2.45) is 5.11 Å². The minimum absolute atomic E-state index is 0.0252. The first-order valence-corrected chi connectivity index (χ1v) is 5.51. The second kappa shape index (κ2) is 5.07. The number of azide groups is 1. The number of aliphatic hydroxyl groups excluding tert-OH is 3. The average molecular weight is 286 g/mol. The zero-order valence-corrected chi connectivity index (χ0v) is 10.1. The molecule has 11 heteroatoms. The fourth-order valence-corrected chi connectivity index (χ4v) is 1.93. The van der Waals surface area contributed by atoms with E-state index >= 15 is 0 Å². The SMILES string of the molecule is [N-]=[N+]=N[C@]1(CO)O[C@@H](n2ccc(N)n[14c]2=O)[C@H](O)[C@@H]1O. The summed E-state index contributed by atoms with van der Waals surface area (Å²) in [5, 5.41) is 32.2. The van der Waals surface area contributed by atoms with Gasteiger partial charge < -0.3 is 25.8 Å². The maximum absolute atomic E-state index is 11.7. The number of aromatic nitrogens is 2. The highest BCUT2D eigenvalue weighted by Gasteiger charge is 2.54. The van der Waals surface area contributed by atoms with E-state index < -0.39 is 36.5 Å². The number of nitrogens with two attached hydrogens (primary N) is 1. The summed E-state index contributed by atoms with van der Waals surface area (Å²) in [4.78, 5) is 17.6. The van der Waals surface area contributed by atoms with Crippen LogP contribution in [-0.4, -0.2) is 49.4 Å². The Bertz CT molecular complexity index is 613. The summed E-state index contributed by atoms with van der Waals surface area (Å²) in [7, 11) is 0. The number of nitrogen functional groups attached to an aromatic ring is 1. The summed E-state index contributed by atoms with van der Waals surface area (Å²) in [6.45, 7) is -0.872. The second-order valence-corrected chi connectivity index (χ2v) is 4.18. The summed E-state index contributed by atoms with van der Waals surface area (Å²) in [6.07, 6.45) is -3.48. The number of nitrogens with zero attached hydrogens (tertiary/aromatic N) is 5. The molecular formula is C9H12N6O5. The lowest BCUT2D eigenvalue weighted by Gasteiger charge is -2.23. The molecule has 1 fully saturated rings. The molecule has 1 aliphatic heterocycles. The fourth-order valence-electron chi connectivity index (χ4n) is 1.93. The smallest absolute Gasteiger partial charge is 0.351 e. The van der Waals surface area contributed by atoms with Gasteiger partial charge in [0.25, 0.3) is 0 Å². The number of aliphatic hydroxyl groups is 3. The van der Waals surface area contributed by atoms with Crippen molar-refractivity contribution in [2.75, 3.05) is 12.3 Å². The maximum Gasteiger partial charge on any atom is 0.351 e. The first kappa shape index (κ1) is 14.2. The zero-order valence-electron chi connectivity index (χ0n) is 10.1. The zero-order chi connectivity index (χ0) is 14.9. The van der Waals surface area contributed by atoms with Gasteiger partial charge in [0.15, 0.2) is 6.23 Å². The first-order chi connectivity index (χ1) is 9.45. The van der Waals surface area contributed by atoms with Gasteiger partial charge in [-0.15, -0.1) is 0 Å². The lowest BCUT2D eigenvalue weighted by atomic mass is 10.1. The maximum atomic E-state index is 11.7. The first-order valence-electron chi connectivity index (χ1n) is 5.51. The van der Waals surface area contributed by atoms with Crippen LogP contribution in [0, 0.1) is 0 Å². The van der Waals surface area contributed by atoms with Gasteiger partial charge in [0.2, 0.25) is 5.72 Å². The Balaban J connectivity index is 2.45. The molecule has 1 aromatic heterocycles. The van der Waals surface area contributed by atoms with E-state index in [2.05, 4.69) is 15.0 Å². The van der Waals surface area contributed by atoms with Crippen molar-refractivity contribution in [1.82, 2.24) is 9.55 Å². The third-order valence-corrected chi connectivity index (χ3v) is 2.97. The minimum Gasteiger partial charge on any atom is -0.393 e. The molecule has 0 aliphatic carbocycles. The molecule has 0 spiro atoms. The van der Waals surface area contributed by atoms with E-state index in [0.29, 0.717) is 0 Å². The molecule has 1 aromatic rings. The molecule has 20 heavy (non-hydrogen) atoms. The Hall–Kier alpha value is -2.17. The van der Waals surface area contributed by atoms with Gasteiger partial charge >= 0.3 is 5.69 Å². The van der Waals surface area contributed by atoms with Gasteiger partial charge in [-0.3, -0.25) is 4.57 Å². The van der Waals surface area contributed by atoms with Gasteiger partial charge in [0.05, 0.1) is 6.61 Å². The lowest BCUT2D eigenvalue weighted by Crippen LogP contribution is -2.44. The monoisotopic (exact) mass is 286 g/mol. The third kappa shape index (κ3) is 2.09. The van der Waals surface area contributed by atoms with Gasteiger partial charge in [-0.05, 0) is 11.6 Å². The number of hydrogen-bond donors (Lipinski definition) is 4. The van der Waals surface area contributed by atoms with Crippen molar-refractivity contribution in [3.05, 3.63) is 33.2 Å². The van der Waals surface area contributed by atoms with Crippen LogP contribution < -0.4 is 11.4 Å². The van der Waals surface area contributed by atoms with Crippen molar-refractivity contribution in [2.45, 2.75) is 24.2 Å². The van der Waals surface area contributed by atoms with Gasteiger partial charge in [-0.25, -0.2) is 4.79 Å². The van der Waals surface area contributed by atoms with Crippen molar-refractivity contribution < 1.29 is 20.1 Å². The summed E-state index contributed by atoms with van der Waals surface area (Å²) in [6, 6.07) is 1.29. The lowest BCUT2D eigenvalue weighted by molar-refractivity contribution is -0.125. The molecule has 0 bridgehead atoms. The topological polar surface area (TPSA) is 180 Å². The number of hydrogen-bond acceptors (Lipinski definition) is 8. The predicted molar refractivity (Wildman–Crippen MR) is 64.0 cm³/mol. The van der Waals surface area contributed by atoms with E-state index in [1.54, 1.807) is 0 Å². The van der Waals surface area contributed by atoms with Crippen LogP contribution in [0.3, 0.4) is 0 Å². The van der Waals surface area contributed by atoms with E-state index in [1.807, 2.05) is 0 Å². The molecule has 1 saturated heterocycles. The molecule has 0 aromatic carbocycles. The molecule has 0 saturated carbocycles.